The topological polar surface area (TPSA) is 113 Å². The van der Waals surface area contributed by atoms with E-state index in [1.807, 2.05) is 0 Å². The Labute approximate surface area is 280 Å². The summed E-state index contributed by atoms with van der Waals surface area (Å²) in [6.45, 7) is 16.3. The van der Waals surface area contributed by atoms with E-state index in [1.165, 1.54) is 24.8 Å². The minimum Gasteiger partial charge on any atom is -0.504 e. The van der Waals surface area contributed by atoms with Gasteiger partial charge in [0.2, 0.25) is 0 Å². The summed E-state index contributed by atoms with van der Waals surface area (Å²) in [6, 6.07) is 4.93. The molecule has 7 nitrogen and oxygen atoms in total. The summed E-state index contributed by atoms with van der Waals surface area (Å²) >= 11 is 0. The lowest BCUT2D eigenvalue weighted by atomic mass is 9.34. The molecule has 12 atom stereocenters. The Hall–Kier alpha value is -2.80. The molecule has 0 saturated heterocycles. The third-order valence-electron chi connectivity index (χ3n) is 15.0. The van der Waals surface area contributed by atoms with Crippen LogP contribution in [0.4, 0.5) is 0 Å². The van der Waals surface area contributed by atoms with E-state index in [0.29, 0.717) is 41.4 Å². The molecule has 0 heterocycles. The van der Waals surface area contributed by atoms with Crippen LogP contribution in [-0.4, -0.2) is 46.6 Å². The number of methoxy groups -OCH3 is 1. The number of esters is 1. The highest BCUT2D eigenvalue weighted by Crippen LogP contribution is 2.74. The standard InChI is InChI=1S/C40H56O7/c1-22-19-26(36(44)45)25-15-17-39(6)27(34(25)23(22)2)11-13-32-38(5)21-29(42)35(37(3,4)31(38)16-18-40(32,39)7)47-33(43)14-10-24-9-12-30(46-8)28(41)20-24/h9-12,14,20,22-23,25-26,29,31-32,34-35,41-42H,13,15-19,21H2,1-8H3,(H,44,45). The first-order valence-electron chi connectivity index (χ1n) is 17.9. The second kappa shape index (κ2) is 11.7. The van der Waals surface area contributed by atoms with Crippen LogP contribution in [0.25, 0.3) is 6.08 Å². The number of hydrogen-bond acceptors (Lipinski definition) is 6. The van der Waals surface area contributed by atoms with Crippen LogP contribution in [0.1, 0.15) is 99.0 Å². The maximum absolute atomic E-state index is 13.1. The molecule has 1 aromatic rings. The number of carbonyl (C=O) groups excluding carboxylic acids is 1. The van der Waals surface area contributed by atoms with E-state index in [-0.39, 0.29) is 39.7 Å². The molecule has 5 aliphatic rings. The van der Waals surface area contributed by atoms with E-state index < -0.39 is 29.6 Å². The van der Waals surface area contributed by atoms with Crippen LogP contribution < -0.4 is 4.74 Å². The van der Waals surface area contributed by atoms with Gasteiger partial charge in [0.1, 0.15) is 6.10 Å². The number of aliphatic hydroxyl groups is 1. The number of fused-ring (bicyclic) bond motifs is 7. The quantitative estimate of drug-likeness (QED) is 0.169. The molecule has 1 aromatic carbocycles. The molecule has 0 aliphatic heterocycles. The fraction of sp³-hybridized carbons (Fsp3) is 0.700. The summed E-state index contributed by atoms with van der Waals surface area (Å²) in [5, 5.41) is 32.1. The van der Waals surface area contributed by atoms with E-state index in [4.69, 9.17) is 9.47 Å². The Morgan fingerprint density at radius 2 is 1.74 bits per heavy atom. The number of carbonyl (C=O) groups is 2. The average Bonchev–Trinajstić information content (AvgIpc) is 2.99. The van der Waals surface area contributed by atoms with Crippen molar-refractivity contribution in [3.05, 3.63) is 41.5 Å². The monoisotopic (exact) mass is 648 g/mol. The first-order valence-corrected chi connectivity index (χ1v) is 17.9. The molecule has 0 radical (unpaired) electrons. The van der Waals surface area contributed by atoms with Crippen molar-refractivity contribution in [2.75, 3.05) is 7.11 Å². The Morgan fingerprint density at radius 1 is 1.02 bits per heavy atom. The second-order valence-corrected chi connectivity index (χ2v) is 17.3. The molecule has 7 heteroatoms. The number of aliphatic carboxylic acids is 1. The first kappa shape index (κ1) is 34.1. The Kier molecular flexibility index (Phi) is 8.46. The minimum absolute atomic E-state index is 0.00529. The molecule has 12 unspecified atom stereocenters. The lowest BCUT2D eigenvalue weighted by Crippen LogP contribution is -2.67. The van der Waals surface area contributed by atoms with Crippen molar-refractivity contribution in [3.63, 3.8) is 0 Å². The van der Waals surface area contributed by atoms with Crippen LogP contribution in [0.15, 0.2) is 35.9 Å². The van der Waals surface area contributed by atoms with E-state index in [2.05, 4.69) is 54.5 Å². The zero-order valence-corrected chi connectivity index (χ0v) is 29.6. The molecule has 6 rings (SSSR count). The van der Waals surface area contributed by atoms with Gasteiger partial charge in [0.25, 0.3) is 0 Å². The number of phenols is 1. The molecule has 4 saturated carbocycles. The molecule has 5 aliphatic carbocycles. The predicted octanol–water partition coefficient (Wildman–Crippen LogP) is 7.89. The largest absolute Gasteiger partial charge is 0.504 e. The van der Waals surface area contributed by atoms with Gasteiger partial charge in [-0.2, -0.15) is 0 Å². The van der Waals surface area contributed by atoms with Gasteiger partial charge in [-0.05, 0) is 120 Å². The summed E-state index contributed by atoms with van der Waals surface area (Å²) in [5.74, 6) is 0.948. The maximum Gasteiger partial charge on any atom is 0.331 e. The third-order valence-corrected chi connectivity index (χ3v) is 15.0. The van der Waals surface area contributed by atoms with Crippen molar-refractivity contribution in [2.24, 2.45) is 63.1 Å². The zero-order valence-electron chi connectivity index (χ0n) is 29.6. The SMILES string of the molecule is COc1ccc(C=CC(=O)OC2C(O)CC3(C)C(CCC4(C)C3CC=C3C5C(C)C(C)CC(C(=O)O)C5CCC34C)C2(C)C)cc1O. The van der Waals surface area contributed by atoms with Gasteiger partial charge in [-0.3, -0.25) is 4.79 Å². The van der Waals surface area contributed by atoms with Crippen molar-refractivity contribution >= 4 is 18.0 Å². The molecule has 0 bridgehead atoms. The van der Waals surface area contributed by atoms with Gasteiger partial charge in [0, 0.05) is 11.5 Å². The maximum atomic E-state index is 13.1. The number of aromatic hydroxyl groups is 1. The number of ether oxygens (including phenoxy) is 2. The fourth-order valence-corrected chi connectivity index (χ4v) is 12.4. The van der Waals surface area contributed by atoms with Gasteiger partial charge < -0.3 is 24.8 Å². The number of phenolic OH excluding ortho intramolecular Hbond substituents is 1. The number of benzene rings is 1. The number of hydrogen-bond donors (Lipinski definition) is 3. The smallest absolute Gasteiger partial charge is 0.331 e. The highest BCUT2D eigenvalue weighted by Gasteiger charge is 2.69. The van der Waals surface area contributed by atoms with Crippen LogP contribution in [0, 0.1) is 63.1 Å². The van der Waals surface area contributed by atoms with Crippen LogP contribution in [-0.2, 0) is 14.3 Å². The van der Waals surface area contributed by atoms with Crippen molar-refractivity contribution in [3.8, 4) is 11.5 Å². The third kappa shape index (κ3) is 5.08. The highest BCUT2D eigenvalue weighted by atomic mass is 16.6. The van der Waals surface area contributed by atoms with E-state index in [9.17, 15) is 24.9 Å². The molecule has 0 amide bonds. The fourth-order valence-electron chi connectivity index (χ4n) is 12.4. The van der Waals surface area contributed by atoms with Crippen LogP contribution >= 0.6 is 0 Å². The summed E-state index contributed by atoms with van der Waals surface area (Å²) < 4.78 is 11.2. The average molecular weight is 649 g/mol. The first-order chi connectivity index (χ1) is 22.0. The molecular formula is C40H56O7. The molecule has 4 fully saturated rings. The molecule has 258 valence electrons. The minimum atomic E-state index is -0.791. The molecule has 0 spiro atoms. The summed E-state index contributed by atoms with van der Waals surface area (Å²) in [6.07, 6.45) is 10.4. The van der Waals surface area contributed by atoms with Crippen molar-refractivity contribution in [1.82, 2.24) is 0 Å². The van der Waals surface area contributed by atoms with Gasteiger partial charge in [0.05, 0.1) is 19.1 Å². The molecule has 0 aromatic heterocycles. The number of allylic oxidation sites excluding steroid dienone is 2. The predicted molar refractivity (Wildman–Crippen MR) is 181 cm³/mol. The Balaban J connectivity index is 1.26. The number of aliphatic hydroxyl groups excluding tert-OH is 1. The highest BCUT2D eigenvalue weighted by molar-refractivity contribution is 5.87. The van der Waals surface area contributed by atoms with E-state index >= 15 is 0 Å². The Bertz CT molecular complexity index is 1480. The van der Waals surface area contributed by atoms with Crippen LogP contribution in [0.2, 0.25) is 0 Å². The van der Waals surface area contributed by atoms with Gasteiger partial charge in [0.15, 0.2) is 11.5 Å². The molecule has 47 heavy (non-hydrogen) atoms. The van der Waals surface area contributed by atoms with E-state index in [0.717, 1.165) is 38.5 Å². The van der Waals surface area contributed by atoms with Gasteiger partial charge in [-0.15, -0.1) is 0 Å². The lowest BCUT2D eigenvalue weighted by Gasteiger charge is -2.71. The summed E-state index contributed by atoms with van der Waals surface area (Å²) in [5.41, 5.74) is 1.59. The lowest BCUT2D eigenvalue weighted by molar-refractivity contribution is -0.237. The van der Waals surface area contributed by atoms with Crippen molar-refractivity contribution in [2.45, 2.75) is 106 Å². The van der Waals surface area contributed by atoms with Gasteiger partial charge in [-0.25, -0.2) is 4.79 Å². The van der Waals surface area contributed by atoms with Crippen molar-refractivity contribution in [1.29, 1.82) is 0 Å². The van der Waals surface area contributed by atoms with Crippen LogP contribution in [0.3, 0.4) is 0 Å². The zero-order chi connectivity index (χ0) is 34.3. The van der Waals surface area contributed by atoms with Crippen molar-refractivity contribution < 1.29 is 34.4 Å². The molecular weight excluding hydrogens is 592 g/mol. The van der Waals surface area contributed by atoms with Gasteiger partial charge >= 0.3 is 11.9 Å². The number of rotatable bonds is 5. The normalized spacial score (nSPS) is 43.9. The van der Waals surface area contributed by atoms with Crippen LogP contribution in [0.5, 0.6) is 11.5 Å². The van der Waals surface area contributed by atoms with Gasteiger partial charge in [-0.1, -0.05) is 66.2 Å². The number of carboxylic acids is 1. The molecule has 3 N–H and O–H groups in total. The summed E-state index contributed by atoms with van der Waals surface area (Å²) in [7, 11) is 1.49. The summed E-state index contributed by atoms with van der Waals surface area (Å²) in [4.78, 5) is 25.5. The Morgan fingerprint density at radius 3 is 2.40 bits per heavy atom. The van der Waals surface area contributed by atoms with E-state index in [1.54, 1.807) is 18.2 Å². The second-order valence-electron chi connectivity index (χ2n) is 17.3. The number of carboxylic acid groups (broad SMARTS) is 1.